The highest BCUT2D eigenvalue weighted by Crippen LogP contribution is 2.27. The summed E-state index contributed by atoms with van der Waals surface area (Å²) in [6.45, 7) is 0. The Balaban J connectivity index is 2.51. The topological polar surface area (TPSA) is 83.0 Å². The Kier molecular flexibility index (Phi) is 1.57. The first kappa shape index (κ1) is 7.84. The molecule has 0 bridgehead atoms. The van der Waals surface area contributed by atoms with Crippen LogP contribution >= 0.6 is 0 Å². The monoisotopic (exact) mass is 179 g/mol. The molecule has 6 nitrogen and oxygen atoms in total. The van der Waals surface area contributed by atoms with Gasteiger partial charge < -0.3 is 5.21 Å². The van der Waals surface area contributed by atoms with Crippen molar-refractivity contribution in [2.24, 2.45) is 4.99 Å². The summed E-state index contributed by atoms with van der Waals surface area (Å²) in [4.78, 5) is 13.6. The quantitative estimate of drug-likeness (QED) is 0.382. The number of benzene rings is 1. The number of quaternary nitrogens is 1. The summed E-state index contributed by atoms with van der Waals surface area (Å²) in [5.41, 5.74) is 0.711. The van der Waals surface area contributed by atoms with E-state index in [2.05, 4.69) is 4.99 Å². The van der Waals surface area contributed by atoms with Crippen LogP contribution in [0.15, 0.2) is 23.2 Å². The lowest BCUT2D eigenvalue weighted by Crippen LogP contribution is -2.99. The van der Waals surface area contributed by atoms with E-state index in [0.29, 0.717) is 11.4 Å². The molecule has 0 fully saturated rings. The van der Waals surface area contributed by atoms with Crippen LogP contribution in [0.25, 0.3) is 0 Å². The summed E-state index contributed by atoms with van der Waals surface area (Å²) >= 11 is 0. The summed E-state index contributed by atoms with van der Waals surface area (Å²) in [6, 6.07) is 4.04. The standard InChI is InChI=1S/C7H5N3O3/c11-9-4-8-6-2-1-5(10(12)13)3-7(6)9/h1-4,9H. The molecule has 13 heavy (non-hydrogen) atoms. The molecule has 1 heterocycles. The minimum Gasteiger partial charge on any atom is -0.623 e. The highest BCUT2D eigenvalue weighted by atomic mass is 16.6. The van der Waals surface area contributed by atoms with E-state index in [-0.39, 0.29) is 10.8 Å². The summed E-state index contributed by atoms with van der Waals surface area (Å²) in [5, 5.41) is 21.2. The Morgan fingerprint density at radius 1 is 1.46 bits per heavy atom. The highest BCUT2D eigenvalue weighted by Gasteiger charge is 2.18. The van der Waals surface area contributed by atoms with Crippen LogP contribution in [0, 0.1) is 15.3 Å². The van der Waals surface area contributed by atoms with Gasteiger partial charge in [0.2, 0.25) is 0 Å². The minimum atomic E-state index is -0.536. The summed E-state index contributed by atoms with van der Waals surface area (Å²) in [7, 11) is 0. The summed E-state index contributed by atoms with van der Waals surface area (Å²) in [6.07, 6.45) is 1.16. The molecule has 0 spiro atoms. The molecular formula is C7H5N3O3. The summed E-state index contributed by atoms with van der Waals surface area (Å²) in [5.74, 6) is 0. The third kappa shape index (κ3) is 1.17. The fraction of sp³-hybridized carbons (Fsp3) is 0. The molecular weight excluding hydrogens is 174 g/mol. The van der Waals surface area contributed by atoms with Crippen molar-refractivity contribution < 1.29 is 9.99 Å². The van der Waals surface area contributed by atoms with Crippen LogP contribution in [0.1, 0.15) is 0 Å². The average Bonchev–Trinajstić information content (AvgIpc) is 2.47. The SMILES string of the molecule is O=[N+]([O-])c1ccc2c(c1)[NH+]([O-])C=N2. The van der Waals surface area contributed by atoms with Crippen LogP contribution in [-0.4, -0.2) is 11.3 Å². The molecule has 2 rings (SSSR count). The van der Waals surface area contributed by atoms with Crippen LogP contribution in [0.4, 0.5) is 17.1 Å². The zero-order valence-corrected chi connectivity index (χ0v) is 6.43. The molecule has 0 aliphatic carbocycles. The Bertz CT molecular complexity index is 402. The smallest absolute Gasteiger partial charge is 0.275 e. The van der Waals surface area contributed by atoms with Gasteiger partial charge in [-0.3, -0.25) is 15.2 Å². The molecule has 1 N–H and O–H groups in total. The first-order valence-corrected chi connectivity index (χ1v) is 3.55. The summed E-state index contributed by atoms with van der Waals surface area (Å²) < 4.78 is 0. The molecule has 1 aromatic rings. The predicted octanol–water partition coefficient (Wildman–Crippen LogP) is 0.282. The van der Waals surface area contributed by atoms with Gasteiger partial charge in [-0.2, -0.15) is 4.99 Å². The zero-order chi connectivity index (χ0) is 9.42. The Morgan fingerprint density at radius 2 is 2.23 bits per heavy atom. The fourth-order valence-corrected chi connectivity index (χ4v) is 1.15. The molecule has 0 saturated heterocycles. The van der Waals surface area contributed by atoms with Crippen molar-refractivity contribution in [3.8, 4) is 0 Å². The van der Waals surface area contributed by atoms with Crippen molar-refractivity contribution >= 4 is 23.4 Å². The van der Waals surface area contributed by atoms with Crippen molar-refractivity contribution in [3.63, 3.8) is 0 Å². The van der Waals surface area contributed by atoms with Gasteiger partial charge in [0.15, 0.2) is 12.0 Å². The molecule has 0 saturated carbocycles. The lowest BCUT2D eigenvalue weighted by molar-refractivity contribution is -0.655. The maximum Gasteiger partial charge on any atom is 0.275 e. The van der Waals surface area contributed by atoms with Crippen LogP contribution in [0.5, 0.6) is 0 Å². The van der Waals surface area contributed by atoms with E-state index in [4.69, 9.17) is 0 Å². The van der Waals surface area contributed by atoms with Crippen LogP contribution in [-0.2, 0) is 0 Å². The molecule has 0 radical (unpaired) electrons. The minimum absolute atomic E-state index is 0.0856. The number of hydroxylamine groups is 1. The first-order chi connectivity index (χ1) is 6.18. The second-order valence-corrected chi connectivity index (χ2v) is 2.58. The number of hydrogen-bond donors (Lipinski definition) is 1. The van der Waals surface area contributed by atoms with E-state index in [1.807, 2.05) is 0 Å². The van der Waals surface area contributed by atoms with E-state index in [9.17, 15) is 15.3 Å². The Labute approximate surface area is 72.8 Å². The van der Waals surface area contributed by atoms with Gasteiger partial charge in [0.1, 0.15) is 5.69 Å². The third-order valence-corrected chi connectivity index (χ3v) is 1.78. The van der Waals surface area contributed by atoms with E-state index in [1.54, 1.807) is 0 Å². The average molecular weight is 179 g/mol. The Hall–Kier alpha value is -1.79. The zero-order valence-electron chi connectivity index (χ0n) is 6.43. The molecule has 0 amide bonds. The van der Waals surface area contributed by atoms with Crippen molar-refractivity contribution in [2.75, 3.05) is 0 Å². The van der Waals surface area contributed by atoms with Gasteiger partial charge in [0, 0.05) is 6.07 Å². The van der Waals surface area contributed by atoms with Crippen LogP contribution in [0.2, 0.25) is 0 Å². The normalized spacial score (nSPS) is 18.7. The molecule has 0 aromatic heterocycles. The van der Waals surface area contributed by atoms with Crippen LogP contribution in [0.3, 0.4) is 0 Å². The number of non-ortho nitro benzene ring substituents is 1. The largest absolute Gasteiger partial charge is 0.623 e. The fourth-order valence-electron chi connectivity index (χ4n) is 1.15. The van der Waals surface area contributed by atoms with Gasteiger partial charge in [0.05, 0.1) is 11.0 Å². The van der Waals surface area contributed by atoms with E-state index >= 15 is 0 Å². The van der Waals surface area contributed by atoms with Crippen LogP contribution < -0.4 is 5.06 Å². The first-order valence-electron chi connectivity index (χ1n) is 3.55. The molecule has 1 aliphatic rings. The number of aliphatic imine (C=N–C) groups is 1. The number of fused-ring (bicyclic) bond motifs is 1. The number of nitrogens with zero attached hydrogens (tertiary/aromatic N) is 2. The molecule has 1 aromatic carbocycles. The second-order valence-electron chi connectivity index (χ2n) is 2.58. The predicted molar refractivity (Wildman–Crippen MR) is 45.2 cm³/mol. The molecule has 1 aliphatic heterocycles. The Morgan fingerprint density at radius 3 is 2.92 bits per heavy atom. The van der Waals surface area contributed by atoms with Gasteiger partial charge in [-0.1, -0.05) is 0 Å². The van der Waals surface area contributed by atoms with Gasteiger partial charge in [-0.05, 0) is 6.07 Å². The van der Waals surface area contributed by atoms with Crippen molar-refractivity contribution in [1.82, 2.24) is 0 Å². The highest BCUT2D eigenvalue weighted by molar-refractivity contribution is 5.73. The van der Waals surface area contributed by atoms with E-state index in [1.165, 1.54) is 18.2 Å². The maximum absolute atomic E-state index is 11.1. The second kappa shape index (κ2) is 2.61. The molecule has 1 unspecified atom stereocenters. The third-order valence-electron chi connectivity index (χ3n) is 1.78. The number of rotatable bonds is 1. The number of nitro groups is 1. The maximum atomic E-state index is 11.1. The van der Waals surface area contributed by atoms with E-state index < -0.39 is 4.92 Å². The van der Waals surface area contributed by atoms with Crippen molar-refractivity contribution in [2.45, 2.75) is 0 Å². The van der Waals surface area contributed by atoms with Crippen molar-refractivity contribution in [3.05, 3.63) is 33.5 Å². The lowest BCUT2D eigenvalue weighted by atomic mass is 10.2. The molecule has 6 heteroatoms. The lowest BCUT2D eigenvalue weighted by Gasteiger charge is -2.10. The van der Waals surface area contributed by atoms with Gasteiger partial charge >= 0.3 is 0 Å². The molecule has 1 atom stereocenters. The molecule has 66 valence electrons. The van der Waals surface area contributed by atoms with E-state index in [0.717, 1.165) is 6.34 Å². The number of hydrogen-bond acceptors (Lipinski definition) is 4. The number of nitrogens with one attached hydrogen (secondary N) is 1. The van der Waals surface area contributed by atoms with Gasteiger partial charge in [-0.25, -0.2) is 0 Å². The van der Waals surface area contributed by atoms with Crippen molar-refractivity contribution in [1.29, 1.82) is 0 Å². The van der Waals surface area contributed by atoms with Gasteiger partial charge in [-0.15, -0.1) is 0 Å². The van der Waals surface area contributed by atoms with Gasteiger partial charge in [0.25, 0.3) is 5.69 Å². The number of nitro benzene ring substituents is 1.